The first-order chi connectivity index (χ1) is 13.5. The SMILES string of the molecule is O=C(O)c1ccc(-c2ccc(Nc3nc(=O)n(O)c4ncccc34)cc2)cc1. The van der Waals surface area contributed by atoms with Gasteiger partial charge in [-0.3, -0.25) is 0 Å². The van der Waals surface area contributed by atoms with Crippen LogP contribution in [0.1, 0.15) is 10.4 Å². The highest BCUT2D eigenvalue weighted by Gasteiger charge is 2.11. The van der Waals surface area contributed by atoms with E-state index in [1.807, 2.05) is 24.3 Å². The molecule has 0 unspecified atom stereocenters. The predicted molar refractivity (Wildman–Crippen MR) is 103 cm³/mol. The Balaban J connectivity index is 1.64. The Morgan fingerprint density at radius 2 is 1.61 bits per heavy atom. The fourth-order valence-electron chi connectivity index (χ4n) is 2.83. The molecule has 2 heterocycles. The molecule has 2 aromatic heterocycles. The van der Waals surface area contributed by atoms with Crippen LogP contribution in [0, 0.1) is 0 Å². The molecular formula is C20H14N4O4. The molecule has 0 amide bonds. The zero-order chi connectivity index (χ0) is 19.7. The molecule has 4 aromatic rings. The second-order valence-corrected chi connectivity index (χ2v) is 6.01. The molecule has 28 heavy (non-hydrogen) atoms. The molecule has 0 aliphatic rings. The van der Waals surface area contributed by atoms with E-state index in [4.69, 9.17) is 5.11 Å². The fraction of sp³-hybridized carbons (Fsp3) is 0. The first-order valence-electron chi connectivity index (χ1n) is 8.31. The standard InChI is InChI=1S/C20H14N4O4/c25-19(26)14-5-3-12(4-6-14)13-7-9-15(10-8-13)22-17-16-2-1-11-21-18(16)24(28)20(27)23-17/h1-11,28H,(H,25,26)(H,22,23,27). The summed E-state index contributed by atoms with van der Waals surface area (Å²) in [5.74, 6) is -0.679. The maximum Gasteiger partial charge on any atom is 0.384 e. The molecule has 4 rings (SSSR count). The number of rotatable bonds is 4. The van der Waals surface area contributed by atoms with E-state index >= 15 is 0 Å². The van der Waals surface area contributed by atoms with Crippen LogP contribution < -0.4 is 11.0 Å². The number of hydrogen-bond donors (Lipinski definition) is 3. The minimum Gasteiger partial charge on any atom is -0.478 e. The number of carboxylic acid groups (broad SMARTS) is 1. The number of hydrogen-bond acceptors (Lipinski definition) is 6. The van der Waals surface area contributed by atoms with Crippen molar-refractivity contribution in [3.05, 3.63) is 82.9 Å². The van der Waals surface area contributed by atoms with Crippen molar-refractivity contribution in [2.24, 2.45) is 0 Å². The number of fused-ring (bicyclic) bond motifs is 1. The zero-order valence-corrected chi connectivity index (χ0v) is 14.4. The first-order valence-corrected chi connectivity index (χ1v) is 8.31. The Labute approximate surface area is 158 Å². The maximum absolute atomic E-state index is 11.8. The van der Waals surface area contributed by atoms with Crippen LogP contribution in [0.2, 0.25) is 0 Å². The molecule has 0 spiro atoms. The number of nitrogens with one attached hydrogen (secondary N) is 1. The molecule has 0 radical (unpaired) electrons. The topological polar surface area (TPSA) is 117 Å². The Morgan fingerprint density at radius 1 is 0.964 bits per heavy atom. The summed E-state index contributed by atoms with van der Waals surface area (Å²) in [4.78, 5) is 30.6. The van der Waals surface area contributed by atoms with Crippen molar-refractivity contribution in [3.63, 3.8) is 0 Å². The molecule has 8 nitrogen and oxygen atoms in total. The monoisotopic (exact) mass is 374 g/mol. The van der Waals surface area contributed by atoms with Gasteiger partial charge in [-0.1, -0.05) is 24.3 Å². The van der Waals surface area contributed by atoms with Crippen molar-refractivity contribution in [2.45, 2.75) is 0 Å². The van der Waals surface area contributed by atoms with Crippen molar-refractivity contribution in [3.8, 4) is 11.1 Å². The van der Waals surface area contributed by atoms with Gasteiger partial charge in [0, 0.05) is 11.9 Å². The molecule has 0 aliphatic heterocycles. The van der Waals surface area contributed by atoms with E-state index < -0.39 is 11.7 Å². The van der Waals surface area contributed by atoms with E-state index in [-0.39, 0.29) is 17.0 Å². The van der Waals surface area contributed by atoms with Gasteiger partial charge in [0.15, 0.2) is 5.65 Å². The summed E-state index contributed by atoms with van der Waals surface area (Å²) >= 11 is 0. The number of carbonyl (C=O) groups is 1. The second kappa shape index (κ2) is 6.84. The first kappa shape index (κ1) is 17.2. The molecule has 3 N–H and O–H groups in total. The lowest BCUT2D eigenvalue weighted by Crippen LogP contribution is -2.23. The Morgan fingerprint density at radius 3 is 2.25 bits per heavy atom. The van der Waals surface area contributed by atoms with Gasteiger partial charge in [0.25, 0.3) is 0 Å². The van der Waals surface area contributed by atoms with Crippen molar-refractivity contribution in [1.29, 1.82) is 0 Å². The lowest BCUT2D eigenvalue weighted by atomic mass is 10.0. The summed E-state index contributed by atoms with van der Waals surface area (Å²) in [6, 6.07) is 17.3. The van der Waals surface area contributed by atoms with Crippen LogP contribution in [0.25, 0.3) is 22.2 Å². The smallest absolute Gasteiger partial charge is 0.384 e. The summed E-state index contributed by atoms with van der Waals surface area (Å²) in [6.07, 6.45) is 1.47. The Bertz CT molecular complexity index is 1230. The zero-order valence-electron chi connectivity index (χ0n) is 14.4. The van der Waals surface area contributed by atoms with E-state index in [9.17, 15) is 14.8 Å². The third-order valence-electron chi connectivity index (χ3n) is 4.24. The van der Waals surface area contributed by atoms with Crippen LogP contribution in [0.4, 0.5) is 11.5 Å². The molecular weight excluding hydrogens is 360 g/mol. The van der Waals surface area contributed by atoms with Crippen LogP contribution in [0.5, 0.6) is 0 Å². The van der Waals surface area contributed by atoms with Crippen LogP contribution in [0.15, 0.2) is 71.7 Å². The van der Waals surface area contributed by atoms with Crippen LogP contribution in [-0.4, -0.2) is 31.0 Å². The molecule has 8 heteroatoms. The van der Waals surface area contributed by atoms with Crippen LogP contribution in [0.3, 0.4) is 0 Å². The number of aromatic carboxylic acids is 1. The minimum atomic E-state index is -0.967. The molecule has 0 saturated carbocycles. The van der Waals surface area contributed by atoms with Crippen LogP contribution >= 0.6 is 0 Å². The largest absolute Gasteiger partial charge is 0.478 e. The number of pyridine rings is 1. The lowest BCUT2D eigenvalue weighted by molar-refractivity contribution is 0.0697. The molecule has 2 aromatic carbocycles. The third kappa shape index (κ3) is 3.14. The highest BCUT2D eigenvalue weighted by atomic mass is 16.5. The molecule has 0 fully saturated rings. The average Bonchev–Trinajstić information content (AvgIpc) is 2.72. The number of nitrogens with zero attached hydrogens (tertiary/aromatic N) is 3. The summed E-state index contributed by atoms with van der Waals surface area (Å²) in [5.41, 5.74) is 2.00. The lowest BCUT2D eigenvalue weighted by Gasteiger charge is -2.10. The van der Waals surface area contributed by atoms with Gasteiger partial charge in [0.1, 0.15) is 5.82 Å². The average molecular weight is 374 g/mol. The highest BCUT2D eigenvalue weighted by molar-refractivity contribution is 5.89. The third-order valence-corrected chi connectivity index (χ3v) is 4.24. The fourth-order valence-corrected chi connectivity index (χ4v) is 2.83. The van der Waals surface area contributed by atoms with Crippen molar-refractivity contribution >= 4 is 28.5 Å². The van der Waals surface area contributed by atoms with Gasteiger partial charge >= 0.3 is 11.7 Å². The van der Waals surface area contributed by atoms with E-state index in [2.05, 4.69) is 15.3 Å². The van der Waals surface area contributed by atoms with E-state index in [1.54, 1.807) is 36.4 Å². The Hall–Kier alpha value is -4.20. The van der Waals surface area contributed by atoms with Gasteiger partial charge in [0.2, 0.25) is 0 Å². The van der Waals surface area contributed by atoms with Gasteiger partial charge in [-0.05, 0) is 47.5 Å². The number of anilines is 2. The molecule has 0 bridgehead atoms. The van der Waals surface area contributed by atoms with Gasteiger partial charge in [-0.15, -0.1) is 4.73 Å². The van der Waals surface area contributed by atoms with Crippen molar-refractivity contribution in [1.82, 2.24) is 14.7 Å². The quantitative estimate of drug-likeness (QED) is 0.470. The summed E-state index contributed by atoms with van der Waals surface area (Å²) in [6.45, 7) is 0. The van der Waals surface area contributed by atoms with E-state index in [0.29, 0.717) is 15.8 Å². The summed E-state index contributed by atoms with van der Waals surface area (Å²) < 4.78 is 0.407. The molecule has 138 valence electrons. The van der Waals surface area contributed by atoms with Gasteiger partial charge in [0.05, 0.1) is 10.9 Å². The number of benzene rings is 2. The van der Waals surface area contributed by atoms with Gasteiger partial charge in [-0.25, -0.2) is 14.6 Å². The Kier molecular flexibility index (Phi) is 4.21. The summed E-state index contributed by atoms with van der Waals surface area (Å²) in [7, 11) is 0. The maximum atomic E-state index is 11.8. The van der Waals surface area contributed by atoms with Crippen LogP contribution in [-0.2, 0) is 0 Å². The van der Waals surface area contributed by atoms with Gasteiger partial charge < -0.3 is 15.6 Å². The number of carboxylic acids is 1. The minimum absolute atomic E-state index is 0.111. The second-order valence-electron chi connectivity index (χ2n) is 6.01. The molecule has 0 atom stereocenters. The van der Waals surface area contributed by atoms with E-state index in [0.717, 1.165) is 11.1 Å². The predicted octanol–water partition coefficient (Wildman–Crippen LogP) is 3.14. The van der Waals surface area contributed by atoms with E-state index in [1.165, 1.54) is 6.20 Å². The normalized spacial score (nSPS) is 10.7. The van der Waals surface area contributed by atoms with Crippen molar-refractivity contribution < 1.29 is 15.1 Å². The van der Waals surface area contributed by atoms with Crippen molar-refractivity contribution in [2.75, 3.05) is 5.32 Å². The summed E-state index contributed by atoms with van der Waals surface area (Å²) in [5, 5.41) is 22.3. The molecule has 0 aliphatic carbocycles. The molecule has 0 saturated heterocycles. The highest BCUT2D eigenvalue weighted by Crippen LogP contribution is 2.25. The number of aromatic nitrogens is 3. The van der Waals surface area contributed by atoms with Gasteiger partial charge in [-0.2, -0.15) is 4.98 Å².